The Morgan fingerprint density at radius 2 is 2.00 bits per heavy atom. The highest BCUT2D eigenvalue weighted by Crippen LogP contribution is 2.29. The van der Waals surface area contributed by atoms with Crippen molar-refractivity contribution in [2.75, 3.05) is 0 Å². The van der Waals surface area contributed by atoms with Crippen molar-refractivity contribution < 1.29 is 29.8 Å². The second kappa shape index (κ2) is 6.30. The van der Waals surface area contributed by atoms with E-state index in [-0.39, 0.29) is 0 Å². The van der Waals surface area contributed by atoms with Gasteiger partial charge in [0.1, 0.15) is 6.42 Å². The summed E-state index contributed by atoms with van der Waals surface area (Å²) in [6.45, 7) is 3.35. The first-order valence-electron chi connectivity index (χ1n) is 5.86. The zero-order valence-electron chi connectivity index (χ0n) is 10.3. The predicted molar refractivity (Wildman–Crippen MR) is 59.0 cm³/mol. The third-order valence-electron chi connectivity index (χ3n) is 2.73. The third-order valence-corrected chi connectivity index (χ3v) is 2.73. The molecule has 0 saturated carbocycles. The van der Waals surface area contributed by atoms with Gasteiger partial charge in [0.2, 0.25) is 0 Å². The summed E-state index contributed by atoms with van der Waals surface area (Å²) in [6.07, 6.45) is 1.30. The standard InChI is InChI=1S/C11H20O6/c1-8(12)3-4-10-7-11(16-14,17-15-10)6-5-9(2)13/h8-9,12-13H,3-7H2,1-2H3/p+1/t8?,9?,11-/m1/s1. The summed E-state index contributed by atoms with van der Waals surface area (Å²) in [5.41, 5.74) is 0. The predicted octanol–water partition coefficient (Wildman–Crippen LogP) is 0.934. The third kappa shape index (κ3) is 4.59. The molecule has 0 bridgehead atoms. The molecular formula is C11H21O6+. The fourth-order valence-corrected chi connectivity index (χ4v) is 1.65. The zero-order chi connectivity index (χ0) is 12.9. The van der Waals surface area contributed by atoms with Crippen LogP contribution in [0.4, 0.5) is 0 Å². The van der Waals surface area contributed by atoms with Gasteiger partial charge in [0.25, 0.3) is 0 Å². The van der Waals surface area contributed by atoms with Gasteiger partial charge in [-0.3, -0.25) is 0 Å². The SMILES string of the molecule is CC(O)CCC1=[O+]O[C@@](CCC(C)O)(OO)C1. The molecule has 2 unspecified atom stereocenters. The molecule has 0 fully saturated rings. The summed E-state index contributed by atoms with van der Waals surface area (Å²) in [5.74, 6) is -0.587. The van der Waals surface area contributed by atoms with Crippen LogP contribution in [0.15, 0.2) is 0 Å². The highest BCUT2D eigenvalue weighted by Gasteiger charge is 2.51. The Kier molecular flexibility index (Phi) is 5.32. The highest BCUT2D eigenvalue weighted by atomic mass is 17.3. The highest BCUT2D eigenvalue weighted by molar-refractivity contribution is 5.80. The minimum atomic E-state index is -1.22. The topological polar surface area (TPSA) is 90.5 Å². The average molecular weight is 249 g/mol. The van der Waals surface area contributed by atoms with Gasteiger partial charge < -0.3 is 10.2 Å². The van der Waals surface area contributed by atoms with Crippen molar-refractivity contribution in [1.29, 1.82) is 0 Å². The Bertz CT molecular complexity index is 263. The lowest BCUT2D eigenvalue weighted by atomic mass is 10.00. The van der Waals surface area contributed by atoms with Gasteiger partial charge in [-0.15, -0.1) is 0 Å². The van der Waals surface area contributed by atoms with Crippen LogP contribution in [0.1, 0.15) is 46.0 Å². The van der Waals surface area contributed by atoms with E-state index in [0.29, 0.717) is 37.9 Å². The molecule has 0 amide bonds. The van der Waals surface area contributed by atoms with Crippen LogP contribution >= 0.6 is 0 Å². The number of aliphatic hydroxyl groups is 2. The van der Waals surface area contributed by atoms with Gasteiger partial charge >= 0.3 is 11.6 Å². The van der Waals surface area contributed by atoms with Gasteiger partial charge in [0.15, 0.2) is 0 Å². The quantitative estimate of drug-likeness (QED) is 0.355. The van der Waals surface area contributed by atoms with Crippen LogP contribution in [0.25, 0.3) is 0 Å². The molecule has 1 aliphatic rings. The Balaban J connectivity index is 2.41. The summed E-state index contributed by atoms with van der Waals surface area (Å²) in [6, 6.07) is 0. The fourth-order valence-electron chi connectivity index (χ4n) is 1.65. The smallest absolute Gasteiger partial charge is 0.392 e. The van der Waals surface area contributed by atoms with Crippen LogP contribution in [-0.2, 0) is 14.4 Å². The Labute approximate surface area is 100 Å². The molecule has 0 spiro atoms. The van der Waals surface area contributed by atoms with Crippen LogP contribution < -0.4 is 0 Å². The number of carbonyl (C=O) groups excluding carboxylic acids is 1. The van der Waals surface area contributed by atoms with Crippen molar-refractivity contribution in [3.05, 3.63) is 0 Å². The summed E-state index contributed by atoms with van der Waals surface area (Å²) in [4.78, 5) is 9.33. The van der Waals surface area contributed by atoms with E-state index in [9.17, 15) is 5.11 Å². The second-order valence-corrected chi connectivity index (χ2v) is 4.66. The molecule has 1 aliphatic heterocycles. The summed E-state index contributed by atoms with van der Waals surface area (Å²) >= 11 is 0. The first-order valence-corrected chi connectivity index (χ1v) is 5.86. The molecule has 0 saturated heterocycles. The van der Waals surface area contributed by atoms with Crippen molar-refractivity contribution in [2.45, 2.75) is 63.9 Å². The minimum absolute atomic E-state index is 0.308. The lowest BCUT2D eigenvalue weighted by molar-refractivity contribution is -0.789. The molecule has 0 aromatic carbocycles. The molecule has 0 aromatic rings. The van der Waals surface area contributed by atoms with Crippen molar-refractivity contribution in [1.82, 2.24) is 0 Å². The first kappa shape index (κ1) is 14.4. The van der Waals surface area contributed by atoms with Gasteiger partial charge in [0.05, 0.1) is 18.6 Å². The number of rotatable bonds is 7. The molecule has 0 aliphatic carbocycles. The maximum atomic E-state index is 9.19. The van der Waals surface area contributed by atoms with E-state index in [4.69, 9.17) is 19.8 Å². The van der Waals surface area contributed by atoms with Gasteiger partial charge in [-0.05, 0) is 26.7 Å². The Hall–Kier alpha value is -0.690. The van der Waals surface area contributed by atoms with Crippen molar-refractivity contribution in [2.24, 2.45) is 0 Å². The van der Waals surface area contributed by atoms with Gasteiger partial charge in [0, 0.05) is 11.0 Å². The monoisotopic (exact) mass is 249 g/mol. The normalized spacial score (nSPS) is 27.5. The van der Waals surface area contributed by atoms with Crippen LogP contribution in [0.5, 0.6) is 0 Å². The molecule has 3 atom stereocenters. The molecule has 1 heterocycles. The van der Waals surface area contributed by atoms with E-state index in [1.807, 2.05) is 0 Å². The molecule has 3 N–H and O–H groups in total. The minimum Gasteiger partial charge on any atom is -0.393 e. The van der Waals surface area contributed by atoms with E-state index in [2.05, 4.69) is 4.89 Å². The Morgan fingerprint density at radius 3 is 2.53 bits per heavy atom. The lowest BCUT2D eigenvalue weighted by Gasteiger charge is -2.16. The zero-order valence-corrected chi connectivity index (χ0v) is 10.3. The molecule has 17 heavy (non-hydrogen) atoms. The van der Waals surface area contributed by atoms with E-state index < -0.39 is 18.0 Å². The van der Waals surface area contributed by atoms with Gasteiger partial charge in [-0.1, -0.05) is 4.89 Å². The van der Waals surface area contributed by atoms with Gasteiger partial charge in [-0.2, -0.15) is 4.89 Å². The van der Waals surface area contributed by atoms with Crippen LogP contribution in [0.2, 0.25) is 0 Å². The first-order chi connectivity index (χ1) is 7.97. The fraction of sp³-hybridized carbons (Fsp3) is 0.909. The largest absolute Gasteiger partial charge is 0.393 e. The summed E-state index contributed by atoms with van der Waals surface area (Å²) < 4.78 is 4.98. The number of hydrogen-bond donors (Lipinski definition) is 3. The van der Waals surface area contributed by atoms with Crippen molar-refractivity contribution in [3.63, 3.8) is 0 Å². The second-order valence-electron chi connectivity index (χ2n) is 4.66. The number of hydrogen-bond acceptors (Lipinski definition) is 5. The van der Waals surface area contributed by atoms with E-state index in [0.717, 1.165) is 0 Å². The maximum absolute atomic E-state index is 9.19. The number of ketones is 1. The molecule has 1 rings (SSSR count). The lowest BCUT2D eigenvalue weighted by Crippen LogP contribution is -2.33. The summed E-state index contributed by atoms with van der Waals surface area (Å²) in [5, 5.41) is 27.2. The van der Waals surface area contributed by atoms with Crippen molar-refractivity contribution in [3.8, 4) is 0 Å². The molecule has 0 aromatic heterocycles. The van der Waals surface area contributed by atoms with Crippen LogP contribution in [0.3, 0.4) is 0 Å². The maximum Gasteiger partial charge on any atom is 0.392 e. The molecular weight excluding hydrogens is 228 g/mol. The van der Waals surface area contributed by atoms with Gasteiger partial charge in [-0.25, -0.2) is 5.26 Å². The molecule has 100 valence electrons. The number of aliphatic hydroxyl groups excluding tert-OH is 2. The van der Waals surface area contributed by atoms with E-state index >= 15 is 0 Å². The molecule has 6 nitrogen and oxygen atoms in total. The van der Waals surface area contributed by atoms with Crippen molar-refractivity contribution >= 4 is 5.78 Å². The van der Waals surface area contributed by atoms with Crippen LogP contribution in [0, 0.1) is 0 Å². The van der Waals surface area contributed by atoms with Crippen LogP contribution in [-0.4, -0.2) is 39.2 Å². The molecule has 6 heteroatoms. The van der Waals surface area contributed by atoms with E-state index in [1.54, 1.807) is 13.8 Å². The molecule has 0 radical (unpaired) electrons. The summed E-state index contributed by atoms with van der Waals surface area (Å²) in [7, 11) is 0. The average Bonchev–Trinajstić information content (AvgIpc) is 2.68. The Morgan fingerprint density at radius 1 is 1.35 bits per heavy atom. The van der Waals surface area contributed by atoms with E-state index in [1.165, 1.54) is 0 Å².